The third-order valence-electron chi connectivity index (χ3n) is 2.50. The van der Waals surface area contributed by atoms with Gasteiger partial charge in [0.2, 0.25) is 0 Å². The third-order valence-corrected chi connectivity index (χ3v) is 2.50. The van der Waals surface area contributed by atoms with Crippen molar-refractivity contribution in [1.29, 1.82) is 0 Å². The Balaban J connectivity index is 2.64. The van der Waals surface area contributed by atoms with E-state index in [9.17, 15) is 10.1 Å². The molecule has 6 nitrogen and oxygen atoms in total. The lowest BCUT2D eigenvalue weighted by atomic mass is 10.0. The Bertz CT molecular complexity index is 364. The standard InChI is InChI=1S/C11H18N4O2/c1-8(2)4-9(12-3)5-11-13-6-10(7-14-11)15(16)17/h6-9,12H,4-5H2,1-3H3. The summed E-state index contributed by atoms with van der Waals surface area (Å²) in [6, 6.07) is 0.302. The Labute approximate surface area is 101 Å². The molecule has 1 aromatic rings. The van der Waals surface area contributed by atoms with Gasteiger partial charge in [-0.1, -0.05) is 13.8 Å². The van der Waals surface area contributed by atoms with Crippen LogP contribution < -0.4 is 5.32 Å². The molecule has 1 N–H and O–H groups in total. The summed E-state index contributed by atoms with van der Waals surface area (Å²) in [5.41, 5.74) is -0.0707. The van der Waals surface area contributed by atoms with Crippen molar-refractivity contribution >= 4 is 5.69 Å². The van der Waals surface area contributed by atoms with E-state index >= 15 is 0 Å². The fourth-order valence-corrected chi connectivity index (χ4v) is 1.64. The van der Waals surface area contributed by atoms with Gasteiger partial charge < -0.3 is 5.32 Å². The number of likely N-dealkylation sites (N-methyl/N-ethyl adjacent to an activating group) is 1. The van der Waals surface area contributed by atoms with Gasteiger partial charge in [-0.05, 0) is 19.4 Å². The molecule has 94 valence electrons. The highest BCUT2D eigenvalue weighted by Crippen LogP contribution is 2.10. The van der Waals surface area contributed by atoms with E-state index in [0.717, 1.165) is 6.42 Å². The normalized spacial score (nSPS) is 12.7. The summed E-state index contributed by atoms with van der Waals surface area (Å²) >= 11 is 0. The number of nitro groups is 1. The van der Waals surface area contributed by atoms with Crippen LogP contribution in [0.4, 0.5) is 5.69 Å². The van der Waals surface area contributed by atoms with Crippen molar-refractivity contribution in [2.24, 2.45) is 5.92 Å². The average Bonchev–Trinajstić information content (AvgIpc) is 2.28. The second-order valence-electron chi connectivity index (χ2n) is 4.43. The molecule has 0 saturated heterocycles. The molecule has 17 heavy (non-hydrogen) atoms. The Morgan fingerprint density at radius 1 is 1.41 bits per heavy atom. The Hall–Kier alpha value is -1.56. The van der Waals surface area contributed by atoms with Crippen LogP contribution in [0.1, 0.15) is 26.1 Å². The van der Waals surface area contributed by atoms with Crippen molar-refractivity contribution in [1.82, 2.24) is 15.3 Å². The van der Waals surface area contributed by atoms with Crippen LogP contribution in [0.3, 0.4) is 0 Å². The molecule has 1 heterocycles. The molecule has 0 amide bonds. The monoisotopic (exact) mass is 238 g/mol. The SMILES string of the molecule is CNC(Cc1ncc([N+](=O)[O-])cn1)CC(C)C. The van der Waals surface area contributed by atoms with E-state index in [2.05, 4.69) is 29.1 Å². The lowest BCUT2D eigenvalue weighted by molar-refractivity contribution is -0.385. The molecule has 6 heteroatoms. The van der Waals surface area contributed by atoms with Crippen LogP contribution >= 0.6 is 0 Å². The van der Waals surface area contributed by atoms with E-state index in [0.29, 0.717) is 24.2 Å². The van der Waals surface area contributed by atoms with Crippen LogP contribution in [-0.4, -0.2) is 28.0 Å². The molecule has 0 bridgehead atoms. The first-order chi connectivity index (χ1) is 8.02. The first-order valence-electron chi connectivity index (χ1n) is 5.65. The van der Waals surface area contributed by atoms with Gasteiger partial charge in [-0.2, -0.15) is 0 Å². The van der Waals surface area contributed by atoms with E-state index < -0.39 is 4.92 Å². The lowest BCUT2D eigenvalue weighted by Gasteiger charge is -2.17. The lowest BCUT2D eigenvalue weighted by Crippen LogP contribution is -2.29. The maximum Gasteiger partial charge on any atom is 0.305 e. The Kier molecular flexibility index (Phi) is 4.96. The summed E-state index contributed by atoms with van der Waals surface area (Å²) in [7, 11) is 1.90. The van der Waals surface area contributed by atoms with Gasteiger partial charge in [0.1, 0.15) is 18.2 Å². The smallest absolute Gasteiger partial charge is 0.305 e. The van der Waals surface area contributed by atoms with E-state index in [4.69, 9.17) is 0 Å². The molecule has 0 radical (unpaired) electrons. The van der Waals surface area contributed by atoms with E-state index in [1.54, 1.807) is 0 Å². The van der Waals surface area contributed by atoms with Gasteiger partial charge in [0.05, 0.1) is 4.92 Å². The number of rotatable bonds is 6. The zero-order chi connectivity index (χ0) is 12.8. The van der Waals surface area contributed by atoms with Crippen molar-refractivity contribution in [2.45, 2.75) is 32.7 Å². The van der Waals surface area contributed by atoms with Gasteiger partial charge in [-0.3, -0.25) is 10.1 Å². The van der Waals surface area contributed by atoms with Crippen molar-refractivity contribution in [3.05, 3.63) is 28.3 Å². The molecule has 0 saturated carbocycles. The number of hydrogen-bond donors (Lipinski definition) is 1. The molecule has 0 aromatic carbocycles. The molecular weight excluding hydrogens is 220 g/mol. The maximum atomic E-state index is 10.4. The van der Waals surface area contributed by atoms with Crippen LogP contribution in [0, 0.1) is 16.0 Å². The van der Waals surface area contributed by atoms with Gasteiger partial charge in [0.25, 0.3) is 0 Å². The van der Waals surface area contributed by atoms with E-state index in [1.165, 1.54) is 12.4 Å². The number of nitrogens with zero attached hydrogens (tertiary/aromatic N) is 3. The van der Waals surface area contributed by atoms with Gasteiger partial charge >= 0.3 is 5.69 Å². The number of aromatic nitrogens is 2. The summed E-state index contributed by atoms with van der Waals surface area (Å²) in [6.07, 6.45) is 4.22. The van der Waals surface area contributed by atoms with Crippen molar-refractivity contribution in [3.8, 4) is 0 Å². The topological polar surface area (TPSA) is 81.0 Å². The molecule has 0 spiro atoms. The second-order valence-corrected chi connectivity index (χ2v) is 4.43. The van der Waals surface area contributed by atoms with Crippen molar-refractivity contribution < 1.29 is 4.92 Å². The molecule has 0 aliphatic heterocycles. The van der Waals surface area contributed by atoms with Gasteiger partial charge in [-0.15, -0.1) is 0 Å². The van der Waals surface area contributed by atoms with Gasteiger partial charge in [0.15, 0.2) is 0 Å². The molecule has 0 aliphatic rings. The molecule has 0 fully saturated rings. The summed E-state index contributed by atoms with van der Waals surface area (Å²) in [5, 5.41) is 13.7. The van der Waals surface area contributed by atoms with Crippen molar-refractivity contribution in [2.75, 3.05) is 7.05 Å². The van der Waals surface area contributed by atoms with Crippen LogP contribution in [0.25, 0.3) is 0 Å². The summed E-state index contributed by atoms with van der Waals surface area (Å²) in [4.78, 5) is 18.0. The molecular formula is C11H18N4O2. The Morgan fingerprint density at radius 3 is 2.41 bits per heavy atom. The minimum atomic E-state index is -0.493. The number of nitrogens with one attached hydrogen (secondary N) is 1. The minimum absolute atomic E-state index is 0.0707. The zero-order valence-corrected chi connectivity index (χ0v) is 10.4. The molecule has 1 unspecified atom stereocenters. The third kappa shape index (κ3) is 4.44. The number of hydrogen-bond acceptors (Lipinski definition) is 5. The highest BCUT2D eigenvalue weighted by molar-refractivity contribution is 5.20. The van der Waals surface area contributed by atoms with Gasteiger partial charge in [0, 0.05) is 12.5 Å². The summed E-state index contributed by atoms with van der Waals surface area (Å²) in [5.74, 6) is 1.22. The zero-order valence-electron chi connectivity index (χ0n) is 10.4. The Morgan fingerprint density at radius 2 is 2.00 bits per heavy atom. The predicted octanol–water partition coefficient (Wildman–Crippen LogP) is 1.56. The first kappa shape index (κ1) is 13.5. The van der Waals surface area contributed by atoms with Gasteiger partial charge in [-0.25, -0.2) is 9.97 Å². The van der Waals surface area contributed by atoms with Crippen LogP contribution in [0.5, 0.6) is 0 Å². The fourth-order valence-electron chi connectivity index (χ4n) is 1.64. The molecule has 1 rings (SSSR count). The highest BCUT2D eigenvalue weighted by Gasteiger charge is 2.12. The predicted molar refractivity (Wildman–Crippen MR) is 64.7 cm³/mol. The minimum Gasteiger partial charge on any atom is -0.317 e. The maximum absolute atomic E-state index is 10.4. The summed E-state index contributed by atoms with van der Waals surface area (Å²) < 4.78 is 0. The van der Waals surface area contributed by atoms with Crippen LogP contribution in [0.2, 0.25) is 0 Å². The average molecular weight is 238 g/mol. The van der Waals surface area contributed by atoms with Crippen LogP contribution in [0.15, 0.2) is 12.4 Å². The van der Waals surface area contributed by atoms with Crippen LogP contribution in [-0.2, 0) is 6.42 Å². The summed E-state index contributed by atoms with van der Waals surface area (Å²) in [6.45, 7) is 4.31. The van der Waals surface area contributed by atoms with Crippen molar-refractivity contribution in [3.63, 3.8) is 0 Å². The molecule has 0 aliphatic carbocycles. The quantitative estimate of drug-likeness (QED) is 0.601. The molecule has 1 atom stereocenters. The molecule has 1 aromatic heterocycles. The fraction of sp³-hybridized carbons (Fsp3) is 0.636. The highest BCUT2D eigenvalue weighted by atomic mass is 16.6. The first-order valence-corrected chi connectivity index (χ1v) is 5.65. The van der Waals surface area contributed by atoms with E-state index in [1.807, 2.05) is 7.05 Å². The second kappa shape index (κ2) is 6.24. The largest absolute Gasteiger partial charge is 0.317 e. The van der Waals surface area contributed by atoms with E-state index in [-0.39, 0.29) is 5.69 Å².